The Morgan fingerprint density at radius 1 is 0.700 bits per heavy atom. The van der Waals surface area contributed by atoms with Crippen LogP contribution in [-0.2, 0) is 0 Å². The Morgan fingerprint density at radius 2 is 1.23 bits per heavy atom. The lowest BCUT2D eigenvalue weighted by Crippen LogP contribution is -2.35. The second-order valence-corrected chi connectivity index (χ2v) is 12.0. The fourth-order valence-electron chi connectivity index (χ4n) is 5.37. The summed E-state index contributed by atoms with van der Waals surface area (Å²) >= 11 is 0. The normalized spacial score (nSPS) is 13.8. The number of hydrogen-bond acceptors (Lipinski definition) is 4. The summed E-state index contributed by atoms with van der Waals surface area (Å²) in [5, 5.41) is 2.83. The zero-order valence-corrected chi connectivity index (χ0v) is 24.4. The third-order valence-electron chi connectivity index (χ3n) is 9.19. The molecule has 40 heavy (non-hydrogen) atoms. The molecule has 5 nitrogen and oxygen atoms in total. The Kier molecular flexibility index (Phi) is 8.25. The molecule has 3 aromatic carbocycles. The molecule has 1 amide bonds. The van der Waals surface area contributed by atoms with Crippen LogP contribution in [0.25, 0.3) is 0 Å². The number of anilines is 1. The molecular formula is C35H39NO4. The molecule has 1 unspecified atom stereocenters. The van der Waals surface area contributed by atoms with Crippen molar-refractivity contribution < 1.29 is 19.2 Å². The lowest BCUT2D eigenvalue weighted by Gasteiger charge is -2.39. The van der Waals surface area contributed by atoms with Gasteiger partial charge in [-0.2, -0.15) is 0 Å². The molecule has 0 radical (unpaired) electrons. The van der Waals surface area contributed by atoms with Gasteiger partial charge in [0.2, 0.25) is 0 Å². The van der Waals surface area contributed by atoms with E-state index in [1.807, 2.05) is 0 Å². The molecule has 1 N–H and O–H groups in total. The number of nitrogens with one attached hydrogen (secondary N) is 1. The van der Waals surface area contributed by atoms with E-state index in [1.165, 1.54) is 0 Å². The Balaban J connectivity index is 1.53. The zero-order valence-electron chi connectivity index (χ0n) is 24.4. The van der Waals surface area contributed by atoms with Gasteiger partial charge in [-0.15, -0.1) is 0 Å². The van der Waals surface area contributed by atoms with E-state index in [1.54, 1.807) is 66.7 Å². The lowest BCUT2D eigenvalue weighted by atomic mass is 9.65. The van der Waals surface area contributed by atoms with Crippen molar-refractivity contribution >= 4 is 28.9 Å². The maximum Gasteiger partial charge on any atom is 0.255 e. The average Bonchev–Trinajstić information content (AvgIpc) is 2.98. The van der Waals surface area contributed by atoms with Gasteiger partial charge in [0.25, 0.3) is 5.91 Å². The molecule has 5 heteroatoms. The Bertz CT molecular complexity index is 1460. The number of ketones is 3. The third-order valence-corrected chi connectivity index (χ3v) is 9.19. The van der Waals surface area contributed by atoms with E-state index in [0.29, 0.717) is 33.5 Å². The van der Waals surface area contributed by atoms with Crippen molar-refractivity contribution in [3.05, 3.63) is 100 Å². The second-order valence-electron chi connectivity index (χ2n) is 12.0. The third kappa shape index (κ3) is 5.56. The topological polar surface area (TPSA) is 80.3 Å². The van der Waals surface area contributed by atoms with Crippen LogP contribution in [0.3, 0.4) is 0 Å². The van der Waals surface area contributed by atoms with Gasteiger partial charge in [0.15, 0.2) is 17.3 Å². The van der Waals surface area contributed by atoms with Crippen LogP contribution in [0.15, 0.2) is 66.7 Å². The van der Waals surface area contributed by atoms with E-state index < -0.39 is 0 Å². The number of benzene rings is 3. The molecule has 3 aromatic rings. The van der Waals surface area contributed by atoms with Crippen molar-refractivity contribution in [1.29, 1.82) is 0 Å². The second kappa shape index (κ2) is 11.3. The number of rotatable bonds is 10. The molecule has 0 fully saturated rings. The summed E-state index contributed by atoms with van der Waals surface area (Å²) in [6.45, 7) is 13.1. The first-order valence-electron chi connectivity index (χ1n) is 14.2. The molecule has 0 aromatic heterocycles. The Hall–Kier alpha value is -3.86. The molecule has 0 saturated carbocycles. The molecule has 0 spiro atoms. The summed E-state index contributed by atoms with van der Waals surface area (Å²) in [6.07, 6.45) is 3.75. The summed E-state index contributed by atoms with van der Waals surface area (Å²) in [5.41, 5.74) is 2.74. The Morgan fingerprint density at radius 3 is 1.77 bits per heavy atom. The van der Waals surface area contributed by atoms with Gasteiger partial charge < -0.3 is 5.32 Å². The highest BCUT2D eigenvalue weighted by Gasteiger charge is 2.38. The quantitative estimate of drug-likeness (QED) is 0.207. The number of Topliss-reactive ketones (excluding diaryl/α,β-unsaturated/α-hetero) is 1. The Labute approximate surface area is 237 Å². The van der Waals surface area contributed by atoms with Gasteiger partial charge in [-0.3, -0.25) is 19.2 Å². The van der Waals surface area contributed by atoms with Crippen molar-refractivity contribution in [1.82, 2.24) is 0 Å². The first kappa shape index (κ1) is 29.1. The van der Waals surface area contributed by atoms with E-state index in [4.69, 9.17) is 0 Å². The molecule has 4 rings (SSSR count). The van der Waals surface area contributed by atoms with E-state index in [-0.39, 0.29) is 45.6 Å². The van der Waals surface area contributed by atoms with Gasteiger partial charge >= 0.3 is 0 Å². The van der Waals surface area contributed by atoms with Crippen molar-refractivity contribution in [2.24, 2.45) is 16.7 Å². The van der Waals surface area contributed by atoms with Crippen LogP contribution in [0.1, 0.15) is 120 Å². The van der Waals surface area contributed by atoms with Crippen LogP contribution >= 0.6 is 0 Å². The molecule has 1 aliphatic rings. The predicted octanol–water partition coefficient (Wildman–Crippen LogP) is 8.17. The molecule has 0 aliphatic heterocycles. The number of hydrogen-bond donors (Lipinski definition) is 1. The largest absolute Gasteiger partial charge is 0.322 e. The summed E-state index contributed by atoms with van der Waals surface area (Å²) < 4.78 is 0. The van der Waals surface area contributed by atoms with Crippen LogP contribution in [0, 0.1) is 16.7 Å². The number of carbonyl (C=O) groups excluding carboxylic acids is 4. The lowest BCUT2D eigenvalue weighted by molar-refractivity contribution is 0.0658. The molecule has 0 heterocycles. The van der Waals surface area contributed by atoms with Crippen molar-refractivity contribution in [2.75, 3.05) is 5.32 Å². The smallest absolute Gasteiger partial charge is 0.255 e. The summed E-state index contributed by atoms with van der Waals surface area (Å²) in [6, 6.07) is 18.3. The van der Waals surface area contributed by atoms with Gasteiger partial charge in [0, 0.05) is 45.0 Å². The molecule has 1 atom stereocenters. The van der Waals surface area contributed by atoms with Crippen molar-refractivity contribution in [3.63, 3.8) is 0 Å². The van der Waals surface area contributed by atoms with E-state index in [2.05, 4.69) is 46.9 Å². The molecular weight excluding hydrogens is 498 g/mol. The first-order valence-corrected chi connectivity index (χ1v) is 14.2. The van der Waals surface area contributed by atoms with E-state index in [0.717, 1.165) is 25.7 Å². The van der Waals surface area contributed by atoms with Crippen molar-refractivity contribution in [3.8, 4) is 0 Å². The summed E-state index contributed by atoms with van der Waals surface area (Å²) in [5.74, 6) is -0.806. The number of fused-ring (bicyclic) bond motifs is 2. The molecule has 208 valence electrons. The minimum Gasteiger partial charge on any atom is -0.322 e. The van der Waals surface area contributed by atoms with E-state index in [9.17, 15) is 19.2 Å². The fraction of sp³-hybridized carbons (Fsp3) is 0.371. The zero-order chi connectivity index (χ0) is 29.2. The van der Waals surface area contributed by atoms with Crippen molar-refractivity contribution in [2.45, 2.75) is 67.2 Å². The monoisotopic (exact) mass is 537 g/mol. The van der Waals surface area contributed by atoms with Gasteiger partial charge in [-0.05, 0) is 47.6 Å². The van der Waals surface area contributed by atoms with Gasteiger partial charge in [0.1, 0.15) is 0 Å². The van der Waals surface area contributed by atoms with E-state index >= 15 is 0 Å². The SMILES string of the molecule is CCC(C)(CC)CC(C(=O)c1ccc(C(=O)Nc2ccc3c(c2)C(=O)c2ccccc2C3=O)cc1)C(C)(C)CC. The predicted molar refractivity (Wildman–Crippen MR) is 159 cm³/mol. The molecule has 1 aliphatic carbocycles. The maximum absolute atomic E-state index is 13.8. The minimum absolute atomic E-state index is 0.0928. The van der Waals surface area contributed by atoms with Crippen LogP contribution in [0.5, 0.6) is 0 Å². The minimum atomic E-state index is -0.357. The number of amides is 1. The van der Waals surface area contributed by atoms with Gasteiger partial charge in [0.05, 0.1) is 0 Å². The van der Waals surface area contributed by atoms with Crippen LogP contribution < -0.4 is 5.32 Å². The first-order chi connectivity index (χ1) is 18.9. The van der Waals surface area contributed by atoms with Gasteiger partial charge in [-0.25, -0.2) is 0 Å². The fourth-order valence-corrected chi connectivity index (χ4v) is 5.37. The maximum atomic E-state index is 13.8. The van der Waals surface area contributed by atoms with Crippen LogP contribution in [-0.4, -0.2) is 23.3 Å². The highest BCUT2D eigenvalue weighted by atomic mass is 16.2. The number of carbonyl (C=O) groups is 4. The standard InChI is InChI=1S/C35H39NO4/c1-7-34(4,5)29(21-35(6,8-2)9-3)30(37)22-14-16-23(17-15-22)33(40)36-24-18-19-27-28(20-24)32(39)26-13-11-10-12-25(26)31(27)38/h10-20,29H,7-9,21H2,1-6H3,(H,36,40). The van der Waals surface area contributed by atoms with Gasteiger partial charge in [-0.1, -0.05) is 97.2 Å². The summed E-state index contributed by atoms with van der Waals surface area (Å²) in [4.78, 5) is 52.7. The molecule has 0 bridgehead atoms. The highest BCUT2D eigenvalue weighted by molar-refractivity contribution is 6.28. The molecule has 0 saturated heterocycles. The summed E-state index contributed by atoms with van der Waals surface area (Å²) in [7, 11) is 0. The van der Waals surface area contributed by atoms with Crippen LogP contribution in [0.2, 0.25) is 0 Å². The highest BCUT2D eigenvalue weighted by Crippen LogP contribution is 2.43. The average molecular weight is 538 g/mol. The van der Waals surface area contributed by atoms with Crippen LogP contribution in [0.4, 0.5) is 5.69 Å².